The highest BCUT2D eigenvalue weighted by atomic mass is 35.5. The fraction of sp³-hybridized carbons (Fsp3) is 0.381. The number of fused-ring (bicyclic) bond motifs is 1. The number of nitrogens with one attached hydrogen (secondary N) is 1. The van der Waals surface area contributed by atoms with Gasteiger partial charge in [-0.15, -0.1) is 0 Å². The van der Waals surface area contributed by atoms with Crippen LogP contribution in [0.2, 0.25) is 5.02 Å². The molecule has 2 aromatic rings. The molecule has 2 unspecified atom stereocenters. The van der Waals surface area contributed by atoms with Crippen molar-refractivity contribution in [3.05, 3.63) is 64.2 Å². The zero-order chi connectivity index (χ0) is 18.8. The van der Waals surface area contributed by atoms with Gasteiger partial charge in [-0.2, -0.15) is 0 Å². The van der Waals surface area contributed by atoms with Gasteiger partial charge in [0.15, 0.2) is 0 Å². The van der Waals surface area contributed by atoms with Gasteiger partial charge >= 0.3 is 0 Å². The summed E-state index contributed by atoms with van der Waals surface area (Å²) in [4.78, 5) is 3.36. The Kier molecular flexibility index (Phi) is 5.64. The van der Waals surface area contributed by atoms with E-state index in [9.17, 15) is 0 Å². The first-order valence-electron chi connectivity index (χ1n) is 9.37. The molecule has 0 radical (unpaired) electrons. The van der Waals surface area contributed by atoms with Crippen molar-refractivity contribution in [2.45, 2.75) is 18.4 Å². The molecule has 142 valence electrons. The second kappa shape index (κ2) is 8.15. The van der Waals surface area contributed by atoms with E-state index in [1.807, 2.05) is 18.2 Å². The van der Waals surface area contributed by atoms with Gasteiger partial charge in [-0.05, 0) is 41.8 Å². The Morgan fingerprint density at radius 3 is 2.63 bits per heavy atom. The first kappa shape index (κ1) is 18.7. The maximum Gasteiger partial charge on any atom is 0.0837 e. The highest BCUT2D eigenvalue weighted by Crippen LogP contribution is 2.38. The summed E-state index contributed by atoms with van der Waals surface area (Å²) >= 11 is 11.9. The molecule has 0 spiro atoms. The molecule has 0 saturated carbocycles. The zero-order valence-corrected chi connectivity index (χ0v) is 16.7. The number of benzene rings is 2. The molecule has 2 heterocycles. The molecule has 4 nitrogen and oxygen atoms in total. The number of halogens is 1. The summed E-state index contributed by atoms with van der Waals surface area (Å²) in [5, 5.41) is 4.14. The van der Waals surface area contributed by atoms with Crippen molar-refractivity contribution in [1.82, 2.24) is 10.2 Å². The van der Waals surface area contributed by atoms with Gasteiger partial charge in [0.05, 0.1) is 35.0 Å². The summed E-state index contributed by atoms with van der Waals surface area (Å²) in [6.07, 6.45) is 1.01. The monoisotopic (exact) mass is 401 g/mol. The summed E-state index contributed by atoms with van der Waals surface area (Å²) in [5.41, 5.74) is 10.3. The predicted octanol–water partition coefficient (Wildman–Crippen LogP) is 3.75. The van der Waals surface area contributed by atoms with Crippen molar-refractivity contribution in [3.8, 4) is 0 Å². The van der Waals surface area contributed by atoms with E-state index in [0.717, 1.165) is 49.8 Å². The number of ether oxygens (including phenoxy) is 1. The van der Waals surface area contributed by atoms with E-state index < -0.39 is 0 Å². The number of nitrogens with zero attached hydrogens (tertiary/aromatic N) is 1. The van der Waals surface area contributed by atoms with Crippen LogP contribution < -0.4 is 11.1 Å². The van der Waals surface area contributed by atoms with Gasteiger partial charge in [0.25, 0.3) is 0 Å². The molecule has 2 atom stereocenters. The number of anilines is 1. The van der Waals surface area contributed by atoms with Crippen LogP contribution in [0.1, 0.15) is 35.1 Å². The third-order valence-electron chi connectivity index (χ3n) is 5.48. The van der Waals surface area contributed by atoms with Crippen LogP contribution in [0.25, 0.3) is 0 Å². The van der Waals surface area contributed by atoms with E-state index >= 15 is 0 Å². The van der Waals surface area contributed by atoms with Crippen LogP contribution in [-0.4, -0.2) is 42.7 Å². The maximum atomic E-state index is 6.10. The van der Waals surface area contributed by atoms with E-state index in [1.54, 1.807) is 0 Å². The van der Waals surface area contributed by atoms with Crippen molar-refractivity contribution in [2.24, 2.45) is 0 Å². The minimum Gasteiger partial charge on any atom is -0.398 e. The number of morpholine rings is 1. The maximum absolute atomic E-state index is 6.10. The molecule has 2 aliphatic rings. The number of thiocarbonyl (C=S) groups is 1. The van der Waals surface area contributed by atoms with Gasteiger partial charge in [-0.1, -0.05) is 54.2 Å². The summed E-state index contributed by atoms with van der Waals surface area (Å²) in [6.45, 7) is 4.68. The van der Waals surface area contributed by atoms with Crippen LogP contribution in [0.3, 0.4) is 0 Å². The molecule has 2 aromatic carbocycles. The Morgan fingerprint density at radius 1 is 1.15 bits per heavy atom. The molecule has 27 heavy (non-hydrogen) atoms. The highest BCUT2D eigenvalue weighted by Gasteiger charge is 2.31. The van der Waals surface area contributed by atoms with E-state index in [0.29, 0.717) is 10.7 Å². The molecule has 0 bridgehead atoms. The lowest BCUT2D eigenvalue weighted by Crippen LogP contribution is -2.41. The third kappa shape index (κ3) is 3.97. The Balaban J connectivity index is 1.59. The second-order valence-electron chi connectivity index (χ2n) is 7.15. The van der Waals surface area contributed by atoms with Crippen LogP contribution in [0.4, 0.5) is 5.69 Å². The third-order valence-corrected chi connectivity index (χ3v) is 6.22. The van der Waals surface area contributed by atoms with Crippen molar-refractivity contribution in [2.75, 3.05) is 38.6 Å². The molecule has 6 heteroatoms. The van der Waals surface area contributed by atoms with Crippen LogP contribution in [0.5, 0.6) is 0 Å². The van der Waals surface area contributed by atoms with Gasteiger partial charge < -0.3 is 15.8 Å². The number of nitrogen functional groups attached to an aromatic ring is 1. The molecule has 4 rings (SSSR count). The van der Waals surface area contributed by atoms with E-state index in [4.69, 9.17) is 34.3 Å². The van der Waals surface area contributed by atoms with Crippen molar-refractivity contribution >= 4 is 34.5 Å². The van der Waals surface area contributed by atoms with Gasteiger partial charge in [0.1, 0.15) is 0 Å². The Hall–Kier alpha value is -1.66. The largest absolute Gasteiger partial charge is 0.398 e. The van der Waals surface area contributed by atoms with Gasteiger partial charge in [0.2, 0.25) is 0 Å². The van der Waals surface area contributed by atoms with Gasteiger partial charge in [-0.3, -0.25) is 4.90 Å². The van der Waals surface area contributed by atoms with Crippen LogP contribution in [0.15, 0.2) is 42.5 Å². The van der Waals surface area contributed by atoms with Crippen LogP contribution >= 0.6 is 23.8 Å². The quantitative estimate of drug-likeness (QED) is 0.603. The number of nitrogens with two attached hydrogens (primary N) is 1. The van der Waals surface area contributed by atoms with Crippen molar-refractivity contribution in [3.63, 3.8) is 0 Å². The molecule has 3 N–H and O–H groups in total. The topological polar surface area (TPSA) is 50.5 Å². The summed E-state index contributed by atoms with van der Waals surface area (Å²) in [6, 6.07) is 14.4. The minimum absolute atomic E-state index is 0.00732. The number of rotatable bonds is 4. The fourth-order valence-electron chi connectivity index (χ4n) is 3.98. The molecule has 1 fully saturated rings. The lowest BCUT2D eigenvalue weighted by molar-refractivity contribution is 0.0371. The van der Waals surface area contributed by atoms with Crippen LogP contribution in [0, 0.1) is 0 Å². The Bertz CT molecular complexity index is 838. The van der Waals surface area contributed by atoms with Crippen molar-refractivity contribution < 1.29 is 4.74 Å². The minimum atomic E-state index is 0.00732. The second-order valence-corrected chi connectivity index (χ2v) is 7.99. The number of hydrogen-bond donors (Lipinski definition) is 2. The van der Waals surface area contributed by atoms with Crippen molar-refractivity contribution in [1.29, 1.82) is 0 Å². The van der Waals surface area contributed by atoms with E-state index in [1.165, 1.54) is 11.1 Å². The van der Waals surface area contributed by atoms with Gasteiger partial charge in [-0.25, -0.2) is 0 Å². The lowest BCUT2D eigenvalue weighted by atomic mass is 9.82. The molecule has 0 aromatic heterocycles. The van der Waals surface area contributed by atoms with E-state index in [2.05, 4.69) is 34.5 Å². The summed E-state index contributed by atoms with van der Waals surface area (Å²) in [7, 11) is 0. The highest BCUT2D eigenvalue weighted by molar-refractivity contribution is 7.80. The van der Waals surface area contributed by atoms with Crippen LogP contribution in [-0.2, 0) is 4.74 Å². The summed E-state index contributed by atoms with van der Waals surface area (Å²) < 4.78 is 5.45. The standard InChI is InChI=1S/C21H24ClN3OS/c22-18-6-5-14(13-19(18)23)20-16-4-2-1-3-15(16)17(21(27)24-20)7-8-25-9-11-26-12-10-25/h1-6,13,17,20H,7-12,23H2,(H,24,27). The summed E-state index contributed by atoms with van der Waals surface area (Å²) in [5.74, 6) is 0.236. The average molecular weight is 402 g/mol. The van der Waals surface area contributed by atoms with Gasteiger partial charge in [0, 0.05) is 19.0 Å². The molecule has 1 saturated heterocycles. The van der Waals surface area contributed by atoms with E-state index in [-0.39, 0.29) is 12.0 Å². The molecule has 0 aliphatic carbocycles. The predicted molar refractivity (Wildman–Crippen MR) is 115 cm³/mol. The SMILES string of the molecule is Nc1cc(C2NC(=S)C(CCN3CCOCC3)c3ccccc32)ccc1Cl. The smallest absolute Gasteiger partial charge is 0.0837 e. The average Bonchev–Trinajstić information content (AvgIpc) is 2.70. The molecular formula is C21H24ClN3OS. The molecule has 0 amide bonds. The molecule has 2 aliphatic heterocycles. The first-order chi connectivity index (χ1) is 13.1. The number of hydrogen-bond acceptors (Lipinski definition) is 4. The Labute approximate surface area is 170 Å². The lowest BCUT2D eigenvalue weighted by Gasteiger charge is -2.36. The zero-order valence-electron chi connectivity index (χ0n) is 15.2. The Morgan fingerprint density at radius 2 is 1.89 bits per heavy atom. The molecular weight excluding hydrogens is 378 g/mol. The normalized spacial score (nSPS) is 22.9. The fourth-order valence-corrected chi connectivity index (χ4v) is 4.46. The first-order valence-corrected chi connectivity index (χ1v) is 10.2.